The summed E-state index contributed by atoms with van der Waals surface area (Å²) >= 11 is 6.97. The van der Waals surface area contributed by atoms with Crippen LogP contribution in [0.15, 0.2) is 104 Å². The molecule has 0 saturated heterocycles. The number of amides is 1. The number of ether oxygens (including phenoxy) is 2. The maximum Gasteiger partial charge on any atom is 0.490 e. The lowest BCUT2D eigenvalue weighted by Crippen LogP contribution is -2.32. The Balaban J connectivity index is 0.000000128. The number of hydrogen-bond acceptors (Lipinski definition) is 12. The van der Waals surface area contributed by atoms with Crippen LogP contribution in [0.3, 0.4) is 0 Å². The summed E-state index contributed by atoms with van der Waals surface area (Å²) in [5.41, 5.74) is 19.8. The minimum atomic E-state index is -1.46. The van der Waals surface area contributed by atoms with E-state index in [-0.39, 0.29) is 34.9 Å². The summed E-state index contributed by atoms with van der Waals surface area (Å²) in [7, 11) is 1.63. The molecular weight excluding hydrogens is 997 g/mol. The number of ketones is 1. The fraction of sp³-hybridized carbons (Fsp3) is 0.280. The lowest BCUT2D eigenvalue weighted by atomic mass is 9.82. The van der Waals surface area contributed by atoms with Crippen molar-refractivity contribution in [3.8, 4) is 22.6 Å². The number of fused-ring (bicyclic) bond motifs is 3. The van der Waals surface area contributed by atoms with Gasteiger partial charge in [-0.3, -0.25) is 19.2 Å². The van der Waals surface area contributed by atoms with Crippen molar-refractivity contribution in [1.82, 2.24) is 19.1 Å². The van der Waals surface area contributed by atoms with Gasteiger partial charge in [-0.2, -0.15) is 0 Å². The van der Waals surface area contributed by atoms with Crippen molar-refractivity contribution >= 4 is 95.3 Å². The van der Waals surface area contributed by atoms with Gasteiger partial charge in [0.2, 0.25) is 0 Å². The van der Waals surface area contributed by atoms with E-state index in [4.69, 9.17) is 31.0 Å². The van der Waals surface area contributed by atoms with Crippen LogP contribution in [0, 0.1) is 20.8 Å². The summed E-state index contributed by atoms with van der Waals surface area (Å²) in [6.45, 7) is 6.03. The summed E-state index contributed by atoms with van der Waals surface area (Å²) < 4.78 is 16.3. The molecule has 3 aliphatic carbocycles. The Hall–Kier alpha value is -6.34. The highest BCUT2D eigenvalue weighted by molar-refractivity contribution is 9.10. The number of nitrogens with two attached hydrogens (primary N) is 2. The number of methoxy groups -OCH3 is 2. The molecule has 15 nitrogen and oxygen atoms in total. The average molecular weight is 1050 g/mol. The monoisotopic (exact) mass is 1050 g/mol. The highest BCUT2D eigenvalue weighted by Crippen LogP contribution is 2.43. The molecule has 4 aromatic heterocycles. The van der Waals surface area contributed by atoms with E-state index in [2.05, 4.69) is 54.8 Å². The number of hydrogen-bond donors (Lipinski definition) is 4. The summed E-state index contributed by atoms with van der Waals surface area (Å²) in [5.74, 6) is 0.962. The maximum absolute atomic E-state index is 12.7. The van der Waals surface area contributed by atoms with Crippen molar-refractivity contribution in [3.05, 3.63) is 137 Å². The third-order valence-corrected chi connectivity index (χ3v) is 14.1. The molecule has 68 heavy (non-hydrogen) atoms. The second-order valence-corrected chi connectivity index (χ2v) is 18.9. The third-order valence-electron chi connectivity index (χ3n) is 12.4. The zero-order valence-electron chi connectivity index (χ0n) is 38.1. The molecule has 0 radical (unpaired) electrons. The molecule has 350 valence electrons. The molecular formula is C50H50BBr2N7O8. The standard InChI is InChI=1S/C19H19N3O2.C14H14BrNO2.C12H10BrNO2.C5H7BN2O2/c1-11-15(13-4-8-17(20)21-10-13)7-3-12-9-16(24-2)19(23)22(18(11)12)14-5-6-14;1-8-11(15)6-3-9-7-12(18-2)14(17)16(13(8)9)10-4-5-10;1-6-9(13)5-4-8-10(6)14(7-2-3-7)12(16)11(8)15;7-5-2-1-4(3-8-5)6(9)10/h3-4,7-10,14H,5-6H2,1-2H3,(H2,20,21);3,6-7,10H,4-5H2,1-2H3;4-5,7H,2-3H2,1H3;1-3,9-10H,(H2,7,8). The molecule has 5 heterocycles. The normalized spacial score (nSPS) is 14.9. The van der Waals surface area contributed by atoms with Crippen LogP contribution in [-0.4, -0.2) is 68.2 Å². The molecule has 3 saturated carbocycles. The summed E-state index contributed by atoms with van der Waals surface area (Å²) in [6, 6.07) is 23.0. The minimum absolute atomic E-state index is 0.0197. The highest BCUT2D eigenvalue weighted by Gasteiger charge is 2.45. The number of Topliss-reactive ketones (excluding diaryl/α,β-unsaturated/α-hetero) is 1. The molecule has 3 fully saturated rings. The van der Waals surface area contributed by atoms with E-state index in [0.29, 0.717) is 40.2 Å². The summed E-state index contributed by atoms with van der Waals surface area (Å²) in [6.07, 6.45) is 9.33. The van der Waals surface area contributed by atoms with E-state index in [1.165, 1.54) is 18.3 Å². The zero-order valence-corrected chi connectivity index (χ0v) is 41.3. The Morgan fingerprint density at radius 2 is 1.10 bits per heavy atom. The molecule has 0 unspecified atom stereocenters. The van der Waals surface area contributed by atoms with Crippen molar-refractivity contribution in [2.24, 2.45) is 0 Å². The predicted molar refractivity (Wildman–Crippen MR) is 273 cm³/mol. The number of nitrogen functional groups attached to an aromatic ring is 2. The fourth-order valence-corrected chi connectivity index (χ4v) is 9.05. The number of pyridine rings is 4. The number of carbonyl (C=O) groups excluding carboxylic acids is 2. The highest BCUT2D eigenvalue weighted by atomic mass is 79.9. The molecule has 18 heteroatoms. The van der Waals surface area contributed by atoms with Crippen molar-refractivity contribution in [2.75, 3.05) is 30.6 Å². The number of benzene rings is 3. The minimum Gasteiger partial charge on any atom is -0.491 e. The van der Waals surface area contributed by atoms with E-state index < -0.39 is 7.12 Å². The number of anilines is 3. The van der Waals surface area contributed by atoms with E-state index >= 15 is 0 Å². The number of rotatable bonds is 7. The average Bonchev–Trinajstić information content (AvgIpc) is 4.18. The van der Waals surface area contributed by atoms with Crippen molar-refractivity contribution in [2.45, 2.75) is 77.4 Å². The fourth-order valence-electron chi connectivity index (χ4n) is 8.41. The van der Waals surface area contributed by atoms with Crippen molar-refractivity contribution < 1.29 is 29.1 Å². The van der Waals surface area contributed by atoms with Crippen LogP contribution in [-0.2, 0) is 4.79 Å². The first kappa shape index (κ1) is 48.1. The van der Waals surface area contributed by atoms with Crippen LogP contribution in [0.5, 0.6) is 11.5 Å². The van der Waals surface area contributed by atoms with Crippen molar-refractivity contribution in [3.63, 3.8) is 0 Å². The van der Waals surface area contributed by atoms with Gasteiger partial charge in [0.25, 0.3) is 22.8 Å². The molecule has 11 rings (SSSR count). The van der Waals surface area contributed by atoms with Crippen molar-refractivity contribution in [1.29, 1.82) is 0 Å². The van der Waals surface area contributed by atoms with E-state index in [0.717, 1.165) is 103 Å². The van der Waals surface area contributed by atoms with Crippen LogP contribution in [0.1, 0.15) is 77.7 Å². The molecule has 7 aromatic rings. The van der Waals surface area contributed by atoms with Crippen LogP contribution >= 0.6 is 31.9 Å². The van der Waals surface area contributed by atoms with E-state index in [1.807, 2.05) is 65.4 Å². The SMILES string of the molecule is COc1cc2ccc(-c3ccc(N)nc3)c(C)c2n(C2CC2)c1=O.COc1cc2ccc(Br)c(C)c2n(C2CC2)c1=O.Cc1c(Br)ccc2c1N(C1CC1)C(=O)C2=O.Nc1ccc(B(O)O)cn1. The van der Waals surface area contributed by atoms with Crippen LogP contribution < -0.4 is 42.4 Å². The molecule has 1 amide bonds. The van der Waals surface area contributed by atoms with E-state index in [1.54, 1.807) is 37.4 Å². The van der Waals surface area contributed by atoms with Gasteiger partial charge in [0.1, 0.15) is 11.6 Å². The Morgan fingerprint density at radius 3 is 1.59 bits per heavy atom. The molecule has 0 spiro atoms. The smallest absolute Gasteiger partial charge is 0.490 e. The Kier molecular flexibility index (Phi) is 14.0. The molecule has 6 N–H and O–H groups in total. The van der Waals surface area contributed by atoms with Crippen LogP contribution in [0.25, 0.3) is 32.9 Å². The Morgan fingerprint density at radius 1 is 0.618 bits per heavy atom. The lowest BCUT2D eigenvalue weighted by Gasteiger charge is -2.18. The van der Waals surface area contributed by atoms with Gasteiger partial charge in [-0.25, -0.2) is 9.97 Å². The quantitative estimate of drug-likeness (QED) is 0.0901. The number of aromatic nitrogens is 4. The zero-order chi connectivity index (χ0) is 48.7. The largest absolute Gasteiger partial charge is 0.491 e. The van der Waals surface area contributed by atoms with Gasteiger partial charge in [0.15, 0.2) is 11.5 Å². The number of aryl methyl sites for hydroxylation is 2. The van der Waals surface area contributed by atoms with Crippen LogP contribution in [0.2, 0.25) is 0 Å². The second kappa shape index (κ2) is 19.7. The van der Waals surface area contributed by atoms with E-state index in [9.17, 15) is 19.2 Å². The first-order chi connectivity index (χ1) is 32.5. The van der Waals surface area contributed by atoms with Gasteiger partial charge in [-0.05, 0) is 130 Å². The lowest BCUT2D eigenvalue weighted by molar-refractivity contribution is -0.114. The van der Waals surface area contributed by atoms with Gasteiger partial charge in [0, 0.05) is 61.3 Å². The van der Waals surface area contributed by atoms with Gasteiger partial charge >= 0.3 is 7.12 Å². The van der Waals surface area contributed by atoms with Gasteiger partial charge in [0.05, 0.1) is 36.5 Å². The summed E-state index contributed by atoms with van der Waals surface area (Å²) in [5, 5.41) is 19.3. The third kappa shape index (κ3) is 9.68. The molecule has 4 aliphatic rings. The molecule has 0 atom stereocenters. The Bertz CT molecular complexity index is 3220. The molecule has 3 aromatic carbocycles. The number of halogens is 2. The van der Waals surface area contributed by atoms with Gasteiger partial charge < -0.3 is 45.0 Å². The first-order valence-corrected chi connectivity index (χ1v) is 23.7. The number of nitrogens with zero attached hydrogens (tertiary/aromatic N) is 5. The maximum atomic E-state index is 12.7. The first-order valence-electron chi connectivity index (χ1n) is 22.1. The topological polar surface area (TPSA) is 218 Å². The predicted octanol–water partition coefficient (Wildman–Crippen LogP) is 7.51. The van der Waals surface area contributed by atoms with Gasteiger partial charge in [-0.15, -0.1) is 0 Å². The molecule has 0 bridgehead atoms. The summed E-state index contributed by atoms with van der Waals surface area (Å²) in [4.78, 5) is 58.3. The number of carbonyl (C=O) groups is 2. The molecule has 1 aliphatic heterocycles. The second-order valence-electron chi connectivity index (χ2n) is 17.2. The van der Waals surface area contributed by atoms with Gasteiger partial charge in [-0.1, -0.05) is 56.1 Å². The Labute approximate surface area is 409 Å². The van der Waals surface area contributed by atoms with Crippen LogP contribution in [0.4, 0.5) is 17.3 Å².